The first-order valence-corrected chi connectivity index (χ1v) is 6.64. The monoisotopic (exact) mass is 238 g/mol. The fourth-order valence-electron chi connectivity index (χ4n) is 2.69. The van der Waals surface area contributed by atoms with E-state index in [1.165, 1.54) is 16.7 Å². The SMILES string of the molecule is Cc1ccccc1C(C)(C)C(C)c1ccccc1. The van der Waals surface area contributed by atoms with Crippen molar-refractivity contribution in [2.75, 3.05) is 0 Å². The van der Waals surface area contributed by atoms with Crippen LogP contribution in [-0.4, -0.2) is 0 Å². The van der Waals surface area contributed by atoms with Crippen LogP contribution in [-0.2, 0) is 5.41 Å². The molecule has 0 fully saturated rings. The van der Waals surface area contributed by atoms with Crippen molar-refractivity contribution < 1.29 is 0 Å². The van der Waals surface area contributed by atoms with Crippen LogP contribution >= 0.6 is 0 Å². The summed E-state index contributed by atoms with van der Waals surface area (Å²) in [6.07, 6.45) is 0. The second-order valence-electron chi connectivity index (χ2n) is 5.67. The second kappa shape index (κ2) is 4.97. The van der Waals surface area contributed by atoms with Crippen LogP contribution in [0.5, 0.6) is 0 Å². The van der Waals surface area contributed by atoms with Crippen LogP contribution in [0.2, 0.25) is 0 Å². The zero-order valence-electron chi connectivity index (χ0n) is 11.8. The van der Waals surface area contributed by atoms with Crippen molar-refractivity contribution in [2.45, 2.75) is 39.0 Å². The van der Waals surface area contributed by atoms with E-state index in [1.54, 1.807) is 0 Å². The van der Waals surface area contributed by atoms with Crippen LogP contribution in [0.15, 0.2) is 54.6 Å². The van der Waals surface area contributed by atoms with Gasteiger partial charge in [-0.15, -0.1) is 0 Å². The van der Waals surface area contributed by atoms with E-state index in [0.29, 0.717) is 5.92 Å². The molecule has 2 aromatic rings. The average Bonchev–Trinajstić information content (AvgIpc) is 2.39. The smallest absolute Gasteiger partial charge is 0.00350 e. The maximum absolute atomic E-state index is 2.34. The molecule has 0 nitrogen and oxygen atoms in total. The molecule has 18 heavy (non-hydrogen) atoms. The number of hydrogen-bond acceptors (Lipinski definition) is 0. The lowest BCUT2D eigenvalue weighted by atomic mass is 9.70. The molecule has 0 spiro atoms. The van der Waals surface area contributed by atoms with Gasteiger partial charge in [-0.3, -0.25) is 0 Å². The Morgan fingerprint density at radius 3 is 2.00 bits per heavy atom. The van der Waals surface area contributed by atoms with Gasteiger partial charge >= 0.3 is 0 Å². The minimum atomic E-state index is 0.146. The van der Waals surface area contributed by atoms with Crippen LogP contribution < -0.4 is 0 Å². The number of rotatable bonds is 3. The van der Waals surface area contributed by atoms with Gasteiger partial charge in [0.25, 0.3) is 0 Å². The van der Waals surface area contributed by atoms with Crippen molar-refractivity contribution >= 4 is 0 Å². The molecule has 0 bridgehead atoms. The van der Waals surface area contributed by atoms with Gasteiger partial charge in [-0.05, 0) is 34.9 Å². The molecule has 0 aliphatic rings. The highest BCUT2D eigenvalue weighted by Gasteiger charge is 2.29. The molecule has 2 aromatic carbocycles. The molecule has 1 atom stereocenters. The summed E-state index contributed by atoms with van der Waals surface area (Å²) in [4.78, 5) is 0. The van der Waals surface area contributed by atoms with E-state index in [1.807, 2.05) is 0 Å². The molecule has 0 saturated heterocycles. The molecule has 0 amide bonds. The predicted molar refractivity (Wildman–Crippen MR) is 79.1 cm³/mol. The molecule has 0 heterocycles. The van der Waals surface area contributed by atoms with Crippen LogP contribution in [0.3, 0.4) is 0 Å². The normalized spacial score (nSPS) is 13.3. The Morgan fingerprint density at radius 1 is 0.833 bits per heavy atom. The minimum absolute atomic E-state index is 0.146. The molecule has 0 aliphatic heterocycles. The molecule has 94 valence electrons. The highest BCUT2D eigenvalue weighted by Crippen LogP contribution is 2.39. The maximum Gasteiger partial charge on any atom is -0.00350 e. The average molecular weight is 238 g/mol. The third-order valence-electron chi connectivity index (χ3n) is 4.22. The fourth-order valence-corrected chi connectivity index (χ4v) is 2.69. The highest BCUT2D eigenvalue weighted by molar-refractivity contribution is 5.36. The Labute approximate surface area is 111 Å². The van der Waals surface area contributed by atoms with Crippen LogP contribution in [0.25, 0.3) is 0 Å². The predicted octanol–water partition coefficient (Wildman–Crippen LogP) is 5.08. The number of benzene rings is 2. The van der Waals surface area contributed by atoms with Gasteiger partial charge in [0.1, 0.15) is 0 Å². The maximum atomic E-state index is 2.34. The van der Waals surface area contributed by atoms with E-state index in [-0.39, 0.29) is 5.41 Å². The van der Waals surface area contributed by atoms with E-state index in [0.717, 1.165) is 0 Å². The topological polar surface area (TPSA) is 0 Å². The van der Waals surface area contributed by atoms with Crippen molar-refractivity contribution in [3.8, 4) is 0 Å². The summed E-state index contributed by atoms with van der Waals surface area (Å²) >= 11 is 0. The highest BCUT2D eigenvalue weighted by atomic mass is 14.3. The summed E-state index contributed by atoms with van der Waals surface area (Å²) in [7, 11) is 0. The lowest BCUT2D eigenvalue weighted by Crippen LogP contribution is -2.25. The summed E-state index contributed by atoms with van der Waals surface area (Å²) in [5.41, 5.74) is 4.38. The third kappa shape index (κ3) is 2.33. The van der Waals surface area contributed by atoms with Crippen LogP contribution in [0.4, 0.5) is 0 Å². The zero-order chi connectivity index (χ0) is 13.2. The molecule has 0 saturated carbocycles. The Bertz CT molecular complexity index is 509. The molecule has 2 rings (SSSR count). The molecule has 0 aromatic heterocycles. The zero-order valence-corrected chi connectivity index (χ0v) is 11.8. The minimum Gasteiger partial charge on any atom is -0.0622 e. The summed E-state index contributed by atoms with van der Waals surface area (Å²) in [5.74, 6) is 0.500. The molecule has 0 aliphatic carbocycles. The van der Waals surface area contributed by atoms with Crippen molar-refractivity contribution in [1.82, 2.24) is 0 Å². The second-order valence-corrected chi connectivity index (χ2v) is 5.67. The van der Waals surface area contributed by atoms with E-state index in [4.69, 9.17) is 0 Å². The Morgan fingerprint density at radius 2 is 1.39 bits per heavy atom. The van der Waals surface area contributed by atoms with Gasteiger partial charge < -0.3 is 0 Å². The lowest BCUT2D eigenvalue weighted by Gasteiger charge is -2.34. The van der Waals surface area contributed by atoms with Crippen molar-refractivity contribution in [1.29, 1.82) is 0 Å². The van der Waals surface area contributed by atoms with E-state index >= 15 is 0 Å². The molecular formula is C18H22. The van der Waals surface area contributed by atoms with Crippen molar-refractivity contribution in [2.24, 2.45) is 0 Å². The molecule has 0 heteroatoms. The summed E-state index contributed by atoms with van der Waals surface area (Å²) < 4.78 is 0. The van der Waals surface area contributed by atoms with Gasteiger partial charge in [0.15, 0.2) is 0 Å². The fraction of sp³-hybridized carbons (Fsp3) is 0.333. The third-order valence-corrected chi connectivity index (χ3v) is 4.22. The molecule has 0 N–H and O–H groups in total. The Balaban J connectivity index is 2.40. The number of hydrogen-bond donors (Lipinski definition) is 0. The van der Waals surface area contributed by atoms with Gasteiger partial charge in [-0.1, -0.05) is 75.4 Å². The van der Waals surface area contributed by atoms with Crippen molar-refractivity contribution in [3.63, 3.8) is 0 Å². The standard InChI is InChI=1S/C18H22/c1-14-10-8-9-13-17(14)18(3,4)15(2)16-11-6-5-7-12-16/h5-13,15H,1-4H3. The van der Waals surface area contributed by atoms with Crippen LogP contribution in [0, 0.1) is 6.92 Å². The lowest BCUT2D eigenvalue weighted by molar-refractivity contribution is 0.434. The number of aryl methyl sites for hydroxylation is 1. The van der Waals surface area contributed by atoms with Gasteiger partial charge in [-0.25, -0.2) is 0 Å². The largest absolute Gasteiger partial charge is 0.0622 e. The van der Waals surface area contributed by atoms with Gasteiger partial charge in [0.2, 0.25) is 0 Å². The first-order chi connectivity index (χ1) is 8.53. The molecular weight excluding hydrogens is 216 g/mol. The van der Waals surface area contributed by atoms with E-state index < -0.39 is 0 Å². The van der Waals surface area contributed by atoms with E-state index in [2.05, 4.69) is 82.3 Å². The van der Waals surface area contributed by atoms with Gasteiger partial charge in [0, 0.05) is 0 Å². The van der Waals surface area contributed by atoms with Gasteiger partial charge in [-0.2, -0.15) is 0 Å². The quantitative estimate of drug-likeness (QED) is 0.699. The summed E-state index contributed by atoms with van der Waals surface area (Å²) in [5, 5.41) is 0. The van der Waals surface area contributed by atoms with Gasteiger partial charge in [0.05, 0.1) is 0 Å². The Hall–Kier alpha value is -1.56. The summed E-state index contributed by atoms with van der Waals surface area (Å²) in [6.45, 7) is 9.20. The van der Waals surface area contributed by atoms with Crippen molar-refractivity contribution in [3.05, 3.63) is 71.3 Å². The Kier molecular flexibility index (Phi) is 3.56. The first kappa shape index (κ1) is 12.9. The van der Waals surface area contributed by atoms with Crippen LogP contribution in [0.1, 0.15) is 43.4 Å². The molecule has 1 unspecified atom stereocenters. The van der Waals surface area contributed by atoms with E-state index in [9.17, 15) is 0 Å². The molecule has 0 radical (unpaired) electrons. The first-order valence-electron chi connectivity index (χ1n) is 6.64. The summed E-state index contributed by atoms with van der Waals surface area (Å²) in [6, 6.07) is 19.5.